The summed E-state index contributed by atoms with van der Waals surface area (Å²) in [6.45, 7) is 0. The summed E-state index contributed by atoms with van der Waals surface area (Å²) in [6.07, 6.45) is 1.95. The van der Waals surface area contributed by atoms with Crippen LogP contribution in [0.2, 0.25) is 0 Å². The van der Waals surface area contributed by atoms with Crippen LogP contribution in [0.4, 0.5) is 0 Å². The molecule has 76 heavy (non-hydrogen) atoms. The number of amidine groups is 1. The van der Waals surface area contributed by atoms with Gasteiger partial charge in [-0.05, 0) is 120 Å². The van der Waals surface area contributed by atoms with Crippen LogP contribution in [0, 0.1) is 0 Å². The molecule has 0 saturated heterocycles. The summed E-state index contributed by atoms with van der Waals surface area (Å²) < 4.78 is 13.2. The molecule has 4 nitrogen and oxygen atoms in total. The van der Waals surface area contributed by atoms with Crippen LogP contribution in [-0.2, 0) is 5.41 Å². The van der Waals surface area contributed by atoms with Gasteiger partial charge in [0.15, 0.2) is 5.84 Å². The molecule has 0 atom stereocenters. The van der Waals surface area contributed by atoms with E-state index in [9.17, 15) is 0 Å². The molecule has 16 rings (SSSR count). The fourth-order valence-corrected chi connectivity index (χ4v) is 12.6. The van der Waals surface area contributed by atoms with E-state index in [4.69, 9.17) is 18.8 Å². The number of hydrogen-bond donors (Lipinski definition) is 0. The van der Waals surface area contributed by atoms with Crippen LogP contribution in [0.1, 0.15) is 38.9 Å². The Hall–Kier alpha value is -10.1. The highest BCUT2D eigenvalue weighted by atomic mass is 16.3. The minimum Gasteiger partial charge on any atom is -0.456 e. The third-order valence-corrected chi connectivity index (χ3v) is 16.0. The van der Waals surface area contributed by atoms with Gasteiger partial charge in [0.05, 0.1) is 11.1 Å². The van der Waals surface area contributed by atoms with Crippen LogP contribution in [0.25, 0.3) is 105 Å². The normalized spacial score (nSPS) is 13.9. The molecule has 2 aliphatic carbocycles. The van der Waals surface area contributed by atoms with Crippen molar-refractivity contribution in [2.24, 2.45) is 9.98 Å². The molecular weight excluding hydrogens is 925 g/mol. The minimum absolute atomic E-state index is 0.409. The van der Waals surface area contributed by atoms with E-state index in [1.165, 1.54) is 50.1 Å². The Kier molecular flexibility index (Phi) is 9.17. The van der Waals surface area contributed by atoms with Crippen molar-refractivity contribution in [1.82, 2.24) is 0 Å². The maximum Gasteiger partial charge on any atom is 0.161 e. The Balaban J connectivity index is 0.823. The minimum atomic E-state index is -0.409. The molecule has 0 amide bonds. The highest BCUT2D eigenvalue weighted by Crippen LogP contribution is 2.63. The third kappa shape index (κ3) is 6.26. The first-order valence-electron chi connectivity index (χ1n) is 25.9. The van der Waals surface area contributed by atoms with Gasteiger partial charge in [-0.15, -0.1) is 0 Å². The zero-order chi connectivity index (χ0) is 49.9. The molecule has 0 bridgehead atoms. The van der Waals surface area contributed by atoms with E-state index >= 15 is 0 Å². The average molecular weight is 967 g/mol. The van der Waals surface area contributed by atoms with Gasteiger partial charge in [-0.2, -0.15) is 0 Å². The van der Waals surface area contributed by atoms with E-state index in [0.29, 0.717) is 17.2 Å². The lowest BCUT2D eigenvalue weighted by Gasteiger charge is -2.30. The molecule has 3 aliphatic rings. The first-order chi connectivity index (χ1) is 37.7. The Labute approximate surface area is 438 Å². The zero-order valence-electron chi connectivity index (χ0n) is 41.0. The van der Waals surface area contributed by atoms with E-state index in [1.807, 2.05) is 42.5 Å². The van der Waals surface area contributed by atoms with Crippen LogP contribution in [0.3, 0.4) is 0 Å². The molecule has 1 aliphatic heterocycles. The van der Waals surface area contributed by atoms with Gasteiger partial charge < -0.3 is 8.83 Å². The highest BCUT2D eigenvalue weighted by Gasteiger charge is 2.51. The van der Waals surface area contributed by atoms with Crippen molar-refractivity contribution in [3.05, 3.63) is 299 Å². The van der Waals surface area contributed by atoms with Crippen molar-refractivity contribution in [1.29, 1.82) is 0 Å². The summed E-state index contributed by atoms with van der Waals surface area (Å²) >= 11 is 0. The number of allylic oxidation sites excluding steroid dienone is 1. The number of hydrogen-bond acceptors (Lipinski definition) is 4. The molecule has 0 radical (unpaired) electrons. The van der Waals surface area contributed by atoms with Gasteiger partial charge in [0, 0.05) is 44.3 Å². The zero-order valence-corrected chi connectivity index (χ0v) is 41.0. The van der Waals surface area contributed by atoms with Crippen LogP contribution in [0.5, 0.6) is 0 Å². The van der Waals surface area contributed by atoms with Crippen molar-refractivity contribution >= 4 is 61.1 Å². The summed E-state index contributed by atoms with van der Waals surface area (Å²) in [6, 6.07) is 89.1. The van der Waals surface area contributed by atoms with Crippen molar-refractivity contribution in [2.75, 3.05) is 0 Å². The lowest BCUT2D eigenvalue weighted by molar-refractivity contribution is 0.668. The second-order valence-electron chi connectivity index (χ2n) is 20.0. The quantitative estimate of drug-likeness (QED) is 0.156. The van der Waals surface area contributed by atoms with Crippen molar-refractivity contribution in [3.63, 3.8) is 0 Å². The number of aliphatic imine (C=N–C) groups is 2. The molecule has 11 aromatic carbocycles. The number of furan rings is 2. The predicted molar refractivity (Wildman–Crippen MR) is 311 cm³/mol. The molecule has 0 fully saturated rings. The maximum atomic E-state index is 6.66. The SMILES string of the molecule is C1=CC(c2cccc3c2oc2ccccc23)=NC(c2ccc(-c3ccccc3)cc2)=NC=1c1cccc2oc3ccc(-c4cccc(-c5ccc6c(c5)C5(c7ccccc7-c7ccccc75)c5ccccc5-6)c4)cc3c12. The second kappa shape index (κ2) is 16.4. The van der Waals surface area contributed by atoms with E-state index < -0.39 is 5.41 Å². The largest absolute Gasteiger partial charge is 0.456 e. The van der Waals surface area contributed by atoms with E-state index in [2.05, 4.69) is 218 Å². The Morgan fingerprint density at radius 2 is 0.829 bits per heavy atom. The first kappa shape index (κ1) is 42.4. The summed E-state index contributed by atoms with van der Waals surface area (Å²) in [5, 5.41) is 4.07. The van der Waals surface area contributed by atoms with Crippen molar-refractivity contribution in [2.45, 2.75) is 5.41 Å². The molecular formula is C72H42N2O2. The lowest BCUT2D eigenvalue weighted by Crippen LogP contribution is -2.25. The van der Waals surface area contributed by atoms with Gasteiger partial charge in [-0.1, -0.05) is 212 Å². The molecule has 1 spiro atoms. The van der Waals surface area contributed by atoms with Gasteiger partial charge in [0.25, 0.3) is 0 Å². The van der Waals surface area contributed by atoms with Gasteiger partial charge in [-0.3, -0.25) is 0 Å². The number of fused-ring (bicyclic) bond motifs is 16. The molecule has 0 unspecified atom stereocenters. The fourth-order valence-electron chi connectivity index (χ4n) is 12.6. The second-order valence-corrected chi connectivity index (χ2v) is 20.0. The van der Waals surface area contributed by atoms with E-state index in [1.54, 1.807) is 0 Å². The monoisotopic (exact) mass is 966 g/mol. The Morgan fingerprint density at radius 1 is 0.316 bits per heavy atom. The standard InChI is InChI=1S/C72H42N2O2/c1-2-15-44(16-3-1)45-31-33-46(34-32-45)71-73-64(38-39-65(74-71)58-25-13-23-56-55-22-7-11-29-66(55)76-70(56)58)57-24-14-30-68-69(57)59-42-49(36-40-67(59)75-68)47-17-12-18-48(41-47)50-35-37-54-53-21-6-10-28-62(53)72(63(54)43-50)60-26-8-4-19-51(60)52-20-5-9-27-61(52)72/h1-37,39-43H. The summed E-state index contributed by atoms with van der Waals surface area (Å²) in [5.41, 5.74) is 27.8. The van der Waals surface area contributed by atoms with Gasteiger partial charge in [0.1, 0.15) is 28.0 Å². The smallest absolute Gasteiger partial charge is 0.161 e. The number of nitrogens with zero attached hydrogens (tertiary/aromatic N) is 2. The fraction of sp³-hybridized carbons (Fsp3) is 0.0139. The number of para-hydroxylation sites is 2. The molecule has 13 aromatic rings. The number of benzene rings is 11. The van der Waals surface area contributed by atoms with Gasteiger partial charge in [0.2, 0.25) is 0 Å². The summed E-state index contributed by atoms with van der Waals surface area (Å²) in [4.78, 5) is 10.7. The third-order valence-electron chi connectivity index (χ3n) is 16.0. The van der Waals surface area contributed by atoms with E-state index in [-0.39, 0.29) is 0 Å². The highest BCUT2D eigenvalue weighted by molar-refractivity contribution is 6.24. The summed E-state index contributed by atoms with van der Waals surface area (Å²) in [7, 11) is 0. The van der Waals surface area contributed by atoms with Crippen LogP contribution >= 0.6 is 0 Å². The van der Waals surface area contributed by atoms with Crippen molar-refractivity contribution in [3.8, 4) is 55.6 Å². The average Bonchev–Trinajstić information content (AvgIpc) is 4.39. The molecule has 4 heteroatoms. The van der Waals surface area contributed by atoms with Gasteiger partial charge >= 0.3 is 0 Å². The molecule has 3 heterocycles. The predicted octanol–water partition coefficient (Wildman–Crippen LogP) is 18.3. The maximum absolute atomic E-state index is 6.66. The molecule has 0 saturated carbocycles. The Bertz CT molecular complexity index is 4670. The molecule has 0 N–H and O–H groups in total. The number of rotatable bonds is 6. The van der Waals surface area contributed by atoms with Crippen LogP contribution < -0.4 is 0 Å². The van der Waals surface area contributed by atoms with Crippen molar-refractivity contribution < 1.29 is 8.83 Å². The van der Waals surface area contributed by atoms with E-state index in [0.717, 1.165) is 88.4 Å². The van der Waals surface area contributed by atoms with Gasteiger partial charge in [-0.25, -0.2) is 9.98 Å². The molecule has 352 valence electrons. The summed E-state index contributed by atoms with van der Waals surface area (Å²) in [5.74, 6) is 0.573. The first-order valence-corrected chi connectivity index (χ1v) is 25.9. The Morgan fingerprint density at radius 3 is 1.59 bits per heavy atom. The lowest BCUT2D eigenvalue weighted by atomic mass is 9.70. The topological polar surface area (TPSA) is 51.0 Å². The van der Waals surface area contributed by atoms with Crippen LogP contribution in [0.15, 0.2) is 279 Å². The molecule has 2 aromatic heterocycles. The van der Waals surface area contributed by atoms with Crippen LogP contribution in [-0.4, -0.2) is 11.5 Å².